The van der Waals surface area contributed by atoms with Crippen molar-refractivity contribution < 1.29 is 24.2 Å². The van der Waals surface area contributed by atoms with Gasteiger partial charge in [-0.3, -0.25) is 9.59 Å². The van der Waals surface area contributed by atoms with E-state index in [1.807, 2.05) is 0 Å². The molecule has 0 radical (unpaired) electrons. The Morgan fingerprint density at radius 1 is 0.333 bits per heavy atom. The maximum atomic E-state index is 12.3. The zero-order chi connectivity index (χ0) is 52.0. The fourth-order valence-electron chi connectivity index (χ4n) is 8.77. The number of allylic oxidation sites excluding steroid dienone is 16. The van der Waals surface area contributed by atoms with Gasteiger partial charge in [0, 0.05) is 12.8 Å². The number of hydrogen-bond acceptors (Lipinski definition) is 5. The Balaban J connectivity index is 3.47. The van der Waals surface area contributed by atoms with Gasteiger partial charge in [0.25, 0.3) is 0 Å². The lowest BCUT2D eigenvalue weighted by molar-refractivity contribution is -0.161. The zero-order valence-corrected chi connectivity index (χ0v) is 47.4. The summed E-state index contributed by atoms with van der Waals surface area (Å²) in [6, 6.07) is 0. The summed E-state index contributed by atoms with van der Waals surface area (Å²) in [6.45, 7) is 4.03. The minimum Gasteiger partial charge on any atom is -0.462 e. The normalized spacial score (nSPS) is 12.9. The third-order valence-electron chi connectivity index (χ3n) is 13.4. The molecule has 0 aliphatic rings. The SMILES string of the molecule is CC/C=C\C/C=C\C/C=C\C/C=C\C/C=C\CCCCCCCCCCCCCCCCCCCCCC(=O)OC(CO)COC(=O)CCCCCCCCCC/C=C\C/C=C\C/C=C\CCCCCCC. The number of ether oxygens (including phenoxy) is 2. The minimum absolute atomic E-state index is 0.0708. The first kappa shape index (κ1) is 68.8. The number of hydrogen-bond donors (Lipinski definition) is 1. The van der Waals surface area contributed by atoms with Gasteiger partial charge in [-0.15, -0.1) is 0 Å². The monoisotopic (exact) mass is 1000 g/mol. The number of rotatable bonds is 56. The van der Waals surface area contributed by atoms with Crippen molar-refractivity contribution in [1.29, 1.82) is 0 Å². The fourth-order valence-corrected chi connectivity index (χ4v) is 8.77. The average Bonchev–Trinajstić information content (AvgIpc) is 3.38. The van der Waals surface area contributed by atoms with Gasteiger partial charge >= 0.3 is 11.9 Å². The molecule has 5 nitrogen and oxygen atoms in total. The molecular weight excluding hydrogens is 885 g/mol. The van der Waals surface area contributed by atoms with E-state index in [1.165, 1.54) is 186 Å². The van der Waals surface area contributed by atoms with E-state index in [0.29, 0.717) is 12.8 Å². The Bertz CT molecular complexity index is 1360. The number of esters is 2. The Hall–Kier alpha value is -3.18. The van der Waals surface area contributed by atoms with Gasteiger partial charge in [-0.2, -0.15) is 0 Å². The van der Waals surface area contributed by atoms with Crippen LogP contribution in [0.15, 0.2) is 97.2 Å². The average molecular weight is 1000 g/mol. The van der Waals surface area contributed by atoms with Crippen LogP contribution in [0.2, 0.25) is 0 Å². The highest BCUT2D eigenvalue weighted by molar-refractivity contribution is 5.70. The predicted octanol–water partition coefficient (Wildman–Crippen LogP) is 21.1. The third kappa shape index (κ3) is 59.4. The highest BCUT2D eigenvalue weighted by Crippen LogP contribution is 2.17. The first-order valence-electron chi connectivity index (χ1n) is 30.8. The fraction of sp³-hybridized carbons (Fsp3) is 0.731. The van der Waals surface area contributed by atoms with Crippen LogP contribution in [0.25, 0.3) is 0 Å². The lowest BCUT2D eigenvalue weighted by atomic mass is 10.0. The number of carbonyl (C=O) groups is 2. The number of aliphatic hydroxyl groups is 1. The van der Waals surface area contributed by atoms with Crippen LogP contribution in [-0.2, 0) is 19.1 Å². The second kappa shape index (κ2) is 62.1. The van der Waals surface area contributed by atoms with Crippen LogP contribution in [0.5, 0.6) is 0 Å². The highest BCUT2D eigenvalue weighted by Gasteiger charge is 2.16. The largest absolute Gasteiger partial charge is 0.462 e. The lowest BCUT2D eigenvalue weighted by Crippen LogP contribution is -2.28. The van der Waals surface area contributed by atoms with Crippen LogP contribution in [0, 0.1) is 0 Å². The summed E-state index contributed by atoms with van der Waals surface area (Å²) >= 11 is 0. The van der Waals surface area contributed by atoms with E-state index in [1.54, 1.807) is 0 Å². The first-order chi connectivity index (χ1) is 35.6. The van der Waals surface area contributed by atoms with Crippen molar-refractivity contribution in [2.75, 3.05) is 13.2 Å². The van der Waals surface area contributed by atoms with E-state index in [9.17, 15) is 14.7 Å². The third-order valence-corrected chi connectivity index (χ3v) is 13.4. The lowest BCUT2D eigenvalue weighted by Gasteiger charge is -2.15. The first-order valence-corrected chi connectivity index (χ1v) is 30.8. The molecule has 414 valence electrons. The highest BCUT2D eigenvalue weighted by atomic mass is 16.6. The Morgan fingerprint density at radius 3 is 0.903 bits per heavy atom. The summed E-state index contributed by atoms with van der Waals surface area (Å²) in [5.41, 5.74) is 0. The van der Waals surface area contributed by atoms with Crippen molar-refractivity contribution >= 4 is 11.9 Å². The van der Waals surface area contributed by atoms with Gasteiger partial charge in [-0.05, 0) is 96.3 Å². The molecule has 0 aliphatic carbocycles. The van der Waals surface area contributed by atoms with Gasteiger partial charge in [0.15, 0.2) is 6.10 Å². The molecule has 0 fully saturated rings. The minimum atomic E-state index is -0.780. The second-order valence-corrected chi connectivity index (χ2v) is 20.4. The van der Waals surface area contributed by atoms with Gasteiger partial charge < -0.3 is 14.6 Å². The number of unbranched alkanes of at least 4 members (excludes halogenated alkanes) is 32. The molecular formula is C67H116O5. The predicted molar refractivity (Wildman–Crippen MR) is 316 cm³/mol. The Labute approximate surface area is 447 Å². The zero-order valence-electron chi connectivity index (χ0n) is 47.4. The summed E-state index contributed by atoms with van der Waals surface area (Å²) in [5.74, 6) is -0.591. The molecule has 0 aromatic carbocycles. The molecule has 72 heavy (non-hydrogen) atoms. The number of aliphatic hydroxyl groups excluding tert-OH is 1. The Morgan fingerprint density at radius 2 is 0.597 bits per heavy atom. The van der Waals surface area contributed by atoms with E-state index in [2.05, 4.69) is 111 Å². The summed E-state index contributed by atoms with van der Waals surface area (Å²) in [4.78, 5) is 24.6. The summed E-state index contributed by atoms with van der Waals surface area (Å²) in [7, 11) is 0. The molecule has 0 saturated carbocycles. The topological polar surface area (TPSA) is 72.8 Å². The smallest absolute Gasteiger partial charge is 0.306 e. The van der Waals surface area contributed by atoms with Crippen molar-refractivity contribution in [2.24, 2.45) is 0 Å². The van der Waals surface area contributed by atoms with E-state index in [-0.39, 0.29) is 25.2 Å². The molecule has 0 amide bonds. The van der Waals surface area contributed by atoms with Crippen LogP contribution in [-0.4, -0.2) is 36.4 Å². The van der Waals surface area contributed by atoms with Gasteiger partial charge in [0.05, 0.1) is 6.61 Å². The molecule has 5 heteroatoms. The molecule has 0 aromatic heterocycles. The molecule has 0 rings (SSSR count). The van der Waals surface area contributed by atoms with Crippen LogP contribution < -0.4 is 0 Å². The van der Waals surface area contributed by atoms with E-state index >= 15 is 0 Å². The summed E-state index contributed by atoms with van der Waals surface area (Å²) in [6.07, 6.45) is 88.3. The van der Waals surface area contributed by atoms with Crippen LogP contribution in [0.3, 0.4) is 0 Å². The molecule has 0 heterocycles. The van der Waals surface area contributed by atoms with Crippen molar-refractivity contribution in [1.82, 2.24) is 0 Å². The van der Waals surface area contributed by atoms with Gasteiger partial charge in [0.1, 0.15) is 6.61 Å². The Kier molecular flexibility index (Phi) is 59.4. The van der Waals surface area contributed by atoms with Crippen molar-refractivity contribution in [3.63, 3.8) is 0 Å². The summed E-state index contributed by atoms with van der Waals surface area (Å²) in [5, 5.41) is 9.67. The van der Waals surface area contributed by atoms with Crippen molar-refractivity contribution in [2.45, 2.75) is 302 Å². The molecule has 0 aromatic rings. The maximum Gasteiger partial charge on any atom is 0.306 e. The second-order valence-electron chi connectivity index (χ2n) is 20.4. The molecule has 1 N–H and O–H groups in total. The van der Waals surface area contributed by atoms with Crippen LogP contribution >= 0.6 is 0 Å². The molecule has 0 aliphatic heterocycles. The van der Waals surface area contributed by atoms with Gasteiger partial charge in [0.2, 0.25) is 0 Å². The van der Waals surface area contributed by atoms with Crippen LogP contribution in [0.4, 0.5) is 0 Å². The van der Waals surface area contributed by atoms with Crippen molar-refractivity contribution in [3.05, 3.63) is 97.2 Å². The molecule has 1 unspecified atom stereocenters. The molecule has 0 bridgehead atoms. The molecule has 1 atom stereocenters. The number of carbonyl (C=O) groups excluding carboxylic acids is 2. The summed E-state index contributed by atoms with van der Waals surface area (Å²) < 4.78 is 10.7. The molecule has 0 spiro atoms. The molecule has 0 saturated heterocycles. The van der Waals surface area contributed by atoms with Crippen LogP contribution in [0.1, 0.15) is 296 Å². The standard InChI is InChI=1S/C67H116O5/c1-3-5-7-9-11-13-15-17-19-21-23-25-27-28-29-30-31-32-33-34-35-36-37-38-40-42-44-46-48-50-52-54-56-58-60-62-67(70)72-65(63-68)64-71-66(69)61-59-57-55-53-51-49-47-45-43-41-39-26-24-22-20-18-16-14-12-10-8-6-4-2/h5,7,11,13,16-19,22-25,28-29,39,41,65,68H,3-4,6,8-10,12,14-15,20-21,26-27,30-38,40,42-64H2,1-2H3/b7-5-,13-11-,18-16-,19-17-,24-22-,25-23-,29-28-,41-39-. The maximum absolute atomic E-state index is 12.3. The quantitative estimate of drug-likeness (QED) is 0.0373. The van der Waals surface area contributed by atoms with E-state index < -0.39 is 6.10 Å². The van der Waals surface area contributed by atoms with Crippen molar-refractivity contribution in [3.8, 4) is 0 Å². The van der Waals surface area contributed by atoms with Gasteiger partial charge in [-0.25, -0.2) is 0 Å². The van der Waals surface area contributed by atoms with E-state index in [0.717, 1.165) is 83.5 Å². The van der Waals surface area contributed by atoms with Gasteiger partial charge in [-0.1, -0.05) is 284 Å². The van der Waals surface area contributed by atoms with E-state index in [4.69, 9.17) is 9.47 Å².